The smallest absolute Gasteiger partial charge is 0.329 e. The van der Waals surface area contributed by atoms with Crippen molar-refractivity contribution in [3.8, 4) is 23.0 Å². The number of carbonyl (C=O) groups is 2. The lowest BCUT2D eigenvalue weighted by molar-refractivity contribution is -0.139. The quantitative estimate of drug-likeness (QED) is 0.325. The van der Waals surface area contributed by atoms with Crippen molar-refractivity contribution in [2.45, 2.75) is 13.3 Å². The molecule has 160 valence electrons. The number of phenols is 1. The zero-order valence-electron chi connectivity index (χ0n) is 17.1. The molecule has 0 bridgehead atoms. The van der Waals surface area contributed by atoms with Gasteiger partial charge in [0.15, 0.2) is 23.0 Å². The van der Waals surface area contributed by atoms with Gasteiger partial charge in [-0.25, -0.2) is 5.43 Å². The van der Waals surface area contributed by atoms with Gasteiger partial charge in [-0.2, -0.15) is 5.10 Å². The van der Waals surface area contributed by atoms with E-state index in [0.717, 1.165) is 5.56 Å². The number of rotatable bonds is 9. The van der Waals surface area contributed by atoms with E-state index in [1.807, 2.05) is 12.1 Å². The van der Waals surface area contributed by atoms with E-state index in [1.54, 1.807) is 39.3 Å². The van der Waals surface area contributed by atoms with Crippen molar-refractivity contribution in [3.05, 3.63) is 47.5 Å². The van der Waals surface area contributed by atoms with Gasteiger partial charge < -0.3 is 24.6 Å². The summed E-state index contributed by atoms with van der Waals surface area (Å²) in [6.07, 6.45) is 1.85. The average molecular weight is 415 g/mol. The summed E-state index contributed by atoms with van der Waals surface area (Å²) in [5, 5.41) is 15.9. The number of hydrazone groups is 1. The Morgan fingerprint density at radius 2 is 1.80 bits per heavy atom. The van der Waals surface area contributed by atoms with E-state index in [-0.39, 0.29) is 12.3 Å². The van der Waals surface area contributed by atoms with Gasteiger partial charge in [0.2, 0.25) is 0 Å². The maximum absolute atomic E-state index is 11.9. The van der Waals surface area contributed by atoms with Crippen LogP contribution in [0.25, 0.3) is 0 Å². The van der Waals surface area contributed by atoms with Crippen LogP contribution in [0, 0.1) is 0 Å². The molecule has 0 heterocycles. The molecule has 0 fully saturated rings. The van der Waals surface area contributed by atoms with Crippen LogP contribution in [0.3, 0.4) is 0 Å². The number of benzene rings is 2. The third-order valence-corrected chi connectivity index (χ3v) is 4.02. The molecule has 0 spiro atoms. The Hall–Kier alpha value is -3.75. The van der Waals surface area contributed by atoms with E-state index in [9.17, 15) is 14.7 Å². The predicted octanol–water partition coefficient (Wildman–Crippen LogP) is 1.62. The highest BCUT2D eigenvalue weighted by molar-refractivity contribution is 6.35. The van der Waals surface area contributed by atoms with Crippen molar-refractivity contribution in [2.24, 2.45) is 5.10 Å². The first kappa shape index (κ1) is 22.5. The summed E-state index contributed by atoms with van der Waals surface area (Å²) >= 11 is 0. The molecule has 2 rings (SSSR count). The molecule has 0 aliphatic carbocycles. The number of ether oxygens (including phenoxy) is 3. The summed E-state index contributed by atoms with van der Waals surface area (Å²) in [6, 6.07) is 10.1. The normalized spacial score (nSPS) is 10.5. The van der Waals surface area contributed by atoms with Gasteiger partial charge in [0.05, 0.1) is 27.0 Å². The molecule has 0 aliphatic heterocycles. The van der Waals surface area contributed by atoms with Crippen LogP contribution in [-0.4, -0.2) is 50.5 Å². The molecule has 2 aromatic carbocycles. The number of hydrogen-bond acceptors (Lipinski definition) is 7. The first-order valence-electron chi connectivity index (χ1n) is 9.26. The van der Waals surface area contributed by atoms with E-state index in [4.69, 9.17) is 14.2 Å². The molecule has 0 saturated carbocycles. The van der Waals surface area contributed by atoms with Gasteiger partial charge in [-0.1, -0.05) is 6.07 Å². The van der Waals surface area contributed by atoms with Crippen LogP contribution < -0.4 is 25.0 Å². The molecule has 0 unspecified atom stereocenters. The minimum atomic E-state index is -0.887. The van der Waals surface area contributed by atoms with Crippen LogP contribution >= 0.6 is 0 Å². The van der Waals surface area contributed by atoms with Gasteiger partial charge in [0.1, 0.15) is 0 Å². The fraction of sp³-hybridized carbons (Fsp3) is 0.286. The number of nitrogens with one attached hydrogen (secondary N) is 2. The molecule has 9 nitrogen and oxygen atoms in total. The molecule has 0 saturated heterocycles. The van der Waals surface area contributed by atoms with E-state index in [2.05, 4.69) is 15.8 Å². The molecule has 30 heavy (non-hydrogen) atoms. The number of nitrogens with zero attached hydrogens (tertiary/aromatic N) is 1. The first-order chi connectivity index (χ1) is 14.5. The van der Waals surface area contributed by atoms with Crippen LogP contribution in [0.2, 0.25) is 0 Å². The molecule has 3 N–H and O–H groups in total. The van der Waals surface area contributed by atoms with Gasteiger partial charge in [-0.3, -0.25) is 9.59 Å². The van der Waals surface area contributed by atoms with Gasteiger partial charge in [-0.15, -0.1) is 0 Å². The summed E-state index contributed by atoms with van der Waals surface area (Å²) in [4.78, 5) is 23.7. The third kappa shape index (κ3) is 6.40. The number of hydrogen-bond donors (Lipinski definition) is 3. The molecule has 0 atom stereocenters. The fourth-order valence-corrected chi connectivity index (χ4v) is 2.54. The highest BCUT2D eigenvalue weighted by Gasteiger charge is 2.12. The summed E-state index contributed by atoms with van der Waals surface area (Å²) in [7, 11) is 3.10. The minimum absolute atomic E-state index is 0.00638. The Balaban J connectivity index is 1.82. The highest BCUT2D eigenvalue weighted by Crippen LogP contribution is 2.27. The van der Waals surface area contributed by atoms with Crippen LogP contribution in [0.15, 0.2) is 41.5 Å². The lowest BCUT2D eigenvalue weighted by Crippen LogP contribution is -2.38. The molecule has 2 aromatic rings. The Morgan fingerprint density at radius 1 is 1.03 bits per heavy atom. The van der Waals surface area contributed by atoms with Crippen LogP contribution in [-0.2, 0) is 16.0 Å². The lowest BCUT2D eigenvalue weighted by Gasteiger charge is -2.10. The average Bonchev–Trinajstić information content (AvgIpc) is 2.75. The number of methoxy groups -OCH3 is 2. The number of amides is 2. The highest BCUT2D eigenvalue weighted by atomic mass is 16.5. The summed E-state index contributed by atoms with van der Waals surface area (Å²) < 4.78 is 15.7. The van der Waals surface area contributed by atoms with E-state index in [1.165, 1.54) is 12.3 Å². The second kappa shape index (κ2) is 11.3. The number of phenolic OH excluding ortho intramolecular Hbond substituents is 1. The molecule has 9 heteroatoms. The predicted molar refractivity (Wildman–Crippen MR) is 111 cm³/mol. The second-order valence-corrected chi connectivity index (χ2v) is 6.05. The van der Waals surface area contributed by atoms with Crippen molar-refractivity contribution in [1.82, 2.24) is 10.7 Å². The largest absolute Gasteiger partial charge is 0.504 e. The van der Waals surface area contributed by atoms with Crippen molar-refractivity contribution in [3.63, 3.8) is 0 Å². The SMILES string of the molecule is CCOc1cc(/C=N/NC(=O)C(=O)NCCc2ccc(OC)c(OC)c2)ccc1O. The van der Waals surface area contributed by atoms with Crippen LogP contribution in [0.5, 0.6) is 23.0 Å². The van der Waals surface area contributed by atoms with Crippen LogP contribution in [0.1, 0.15) is 18.1 Å². The zero-order chi connectivity index (χ0) is 21.9. The molecule has 0 aromatic heterocycles. The monoisotopic (exact) mass is 415 g/mol. The van der Waals surface area contributed by atoms with E-state index in [0.29, 0.717) is 35.8 Å². The second-order valence-electron chi connectivity index (χ2n) is 6.05. The van der Waals surface area contributed by atoms with E-state index >= 15 is 0 Å². The maximum atomic E-state index is 11.9. The van der Waals surface area contributed by atoms with Crippen LogP contribution in [0.4, 0.5) is 0 Å². The van der Waals surface area contributed by atoms with Gasteiger partial charge in [0, 0.05) is 6.54 Å². The van der Waals surface area contributed by atoms with E-state index < -0.39 is 11.8 Å². The maximum Gasteiger partial charge on any atom is 0.329 e. The molecular formula is C21H25N3O6. The minimum Gasteiger partial charge on any atom is -0.504 e. The van der Waals surface area contributed by atoms with Crippen molar-refractivity contribution in [1.29, 1.82) is 0 Å². The Labute approximate surface area is 174 Å². The molecule has 0 aliphatic rings. The van der Waals surface area contributed by atoms with Gasteiger partial charge in [0.25, 0.3) is 0 Å². The standard InChI is InChI=1S/C21H25N3O6/c1-4-30-18-12-15(5-7-16(18)25)13-23-24-21(27)20(26)22-10-9-14-6-8-17(28-2)19(11-14)29-3/h5-8,11-13,25H,4,9-10H2,1-3H3,(H,22,26)(H,24,27)/b23-13+. The summed E-state index contributed by atoms with van der Waals surface area (Å²) in [5.74, 6) is -0.164. The fourth-order valence-electron chi connectivity index (χ4n) is 2.54. The number of aromatic hydroxyl groups is 1. The first-order valence-corrected chi connectivity index (χ1v) is 9.26. The Morgan fingerprint density at radius 3 is 2.50 bits per heavy atom. The summed E-state index contributed by atoms with van der Waals surface area (Å²) in [5.41, 5.74) is 3.67. The Bertz CT molecular complexity index is 914. The van der Waals surface area contributed by atoms with Crippen molar-refractivity contribution >= 4 is 18.0 Å². The molecular weight excluding hydrogens is 390 g/mol. The van der Waals surface area contributed by atoms with Gasteiger partial charge >= 0.3 is 11.8 Å². The molecule has 0 radical (unpaired) electrons. The molecule has 2 amide bonds. The van der Waals surface area contributed by atoms with Crippen molar-refractivity contribution < 1.29 is 28.9 Å². The third-order valence-electron chi connectivity index (χ3n) is 4.02. The summed E-state index contributed by atoms with van der Waals surface area (Å²) in [6.45, 7) is 2.46. The topological polar surface area (TPSA) is 118 Å². The van der Waals surface area contributed by atoms with Gasteiger partial charge in [-0.05, 0) is 54.8 Å². The Kier molecular flexibility index (Phi) is 8.49. The van der Waals surface area contributed by atoms with Crippen molar-refractivity contribution in [2.75, 3.05) is 27.4 Å². The zero-order valence-corrected chi connectivity index (χ0v) is 17.1. The number of carbonyl (C=O) groups excluding carboxylic acids is 2. The lowest BCUT2D eigenvalue weighted by atomic mass is 10.1.